The van der Waals surface area contributed by atoms with Gasteiger partial charge in [0.25, 0.3) is 5.91 Å². The number of anilines is 1. The molecule has 1 aliphatic carbocycles. The van der Waals surface area contributed by atoms with E-state index in [0.717, 1.165) is 25.7 Å². The van der Waals surface area contributed by atoms with E-state index in [2.05, 4.69) is 10.6 Å². The fraction of sp³-hybridized carbons (Fsp3) is 0.579. The van der Waals surface area contributed by atoms with Crippen molar-refractivity contribution in [1.82, 2.24) is 10.6 Å². The van der Waals surface area contributed by atoms with E-state index in [-0.39, 0.29) is 12.1 Å². The van der Waals surface area contributed by atoms with Crippen molar-refractivity contribution >= 4 is 17.6 Å². The van der Waals surface area contributed by atoms with Gasteiger partial charge in [-0.05, 0) is 37.5 Å². The van der Waals surface area contributed by atoms with E-state index < -0.39 is 30.3 Å². The molecule has 1 aliphatic rings. The summed E-state index contributed by atoms with van der Waals surface area (Å²) in [5, 5.41) is 17.6. The highest BCUT2D eigenvalue weighted by molar-refractivity contribution is 5.97. The van der Waals surface area contributed by atoms with Gasteiger partial charge in [-0.2, -0.15) is 13.2 Å². The van der Waals surface area contributed by atoms with E-state index in [9.17, 15) is 27.9 Å². The molecule has 0 heterocycles. The van der Waals surface area contributed by atoms with Crippen LogP contribution < -0.4 is 16.0 Å². The zero-order chi connectivity index (χ0) is 20.8. The lowest BCUT2D eigenvalue weighted by atomic mass is 9.94. The average Bonchev–Trinajstić information content (AvgIpc) is 2.84. The molecule has 2 rings (SSSR count). The number of aryl methyl sites for hydroxylation is 1. The van der Waals surface area contributed by atoms with Crippen molar-refractivity contribution in [2.24, 2.45) is 0 Å². The maximum absolute atomic E-state index is 12.2. The third-order valence-corrected chi connectivity index (χ3v) is 4.81. The molecule has 0 saturated heterocycles. The predicted octanol–water partition coefficient (Wildman–Crippen LogP) is 3.49. The molecule has 6 nitrogen and oxygen atoms in total. The maximum Gasteiger partial charge on any atom is 0.405 e. The van der Waals surface area contributed by atoms with Gasteiger partial charge in [0.15, 0.2) is 0 Å². The Hall–Kier alpha value is -2.29. The van der Waals surface area contributed by atoms with Gasteiger partial charge in [-0.1, -0.05) is 31.7 Å². The lowest BCUT2D eigenvalue weighted by Crippen LogP contribution is -2.44. The second kappa shape index (κ2) is 9.27. The fourth-order valence-corrected chi connectivity index (χ4v) is 3.16. The number of aliphatic hydroxyl groups is 1. The minimum absolute atomic E-state index is 0.00699. The summed E-state index contributed by atoms with van der Waals surface area (Å²) in [5.74, 6) is -0.881. The number of urea groups is 1. The number of hydrogen-bond donors (Lipinski definition) is 4. The summed E-state index contributed by atoms with van der Waals surface area (Å²) in [6.07, 6.45) is 0.706. The Morgan fingerprint density at radius 3 is 2.36 bits per heavy atom. The van der Waals surface area contributed by atoms with Gasteiger partial charge in [-0.15, -0.1) is 0 Å². The van der Waals surface area contributed by atoms with Crippen molar-refractivity contribution < 1.29 is 27.9 Å². The summed E-state index contributed by atoms with van der Waals surface area (Å²) in [6.45, 7) is 0.386. The van der Waals surface area contributed by atoms with E-state index in [1.807, 2.05) is 0 Å². The van der Waals surface area contributed by atoms with Crippen molar-refractivity contribution in [3.63, 3.8) is 0 Å². The highest BCUT2D eigenvalue weighted by atomic mass is 19.4. The molecule has 0 radical (unpaired) electrons. The SMILES string of the molecule is Cc1ccc(C(=O)NCC(F)(F)F)cc1NC(=O)NCC1(O)CCCCCC1. The number of halogens is 3. The molecular formula is C19H26F3N3O3. The number of benzene rings is 1. The molecule has 0 aliphatic heterocycles. The van der Waals surface area contributed by atoms with E-state index in [0.29, 0.717) is 24.1 Å². The minimum atomic E-state index is -4.50. The Balaban J connectivity index is 1.95. The zero-order valence-corrected chi connectivity index (χ0v) is 15.8. The Kier molecular flexibility index (Phi) is 7.29. The summed E-state index contributed by atoms with van der Waals surface area (Å²) < 4.78 is 36.7. The number of alkyl halides is 3. The highest BCUT2D eigenvalue weighted by Gasteiger charge is 2.29. The lowest BCUT2D eigenvalue weighted by Gasteiger charge is -2.26. The van der Waals surface area contributed by atoms with Crippen molar-refractivity contribution in [2.75, 3.05) is 18.4 Å². The summed E-state index contributed by atoms with van der Waals surface area (Å²) in [7, 11) is 0. The summed E-state index contributed by atoms with van der Waals surface area (Å²) >= 11 is 0. The first-order chi connectivity index (χ1) is 13.1. The molecule has 0 unspecified atom stereocenters. The Morgan fingerprint density at radius 1 is 1.11 bits per heavy atom. The van der Waals surface area contributed by atoms with Crippen LogP contribution in [0.2, 0.25) is 0 Å². The third kappa shape index (κ3) is 7.03. The molecule has 9 heteroatoms. The van der Waals surface area contributed by atoms with Crippen LogP contribution in [0.15, 0.2) is 18.2 Å². The third-order valence-electron chi connectivity index (χ3n) is 4.81. The van der Waals surface area contributed by atoms with Gasteiger partial charge in [-0.3, -0.25) is 4.79 Å². The summed E-state index contributed by atoms with van der Waals surface area (Å²) in [6, 6.07) is 3.70. The summed E-state index contributed by atoms with van der Waals surface area (Å²) in [4.78, 5) is 24.1. The molecule has 0 spiro atoms. The largest absolute Gasteiger partial charge is 0.405 e. The molecular weight excluding hydrogens is 375 g/mol. The Labute approximate surface area is 161 Å². The fourth-order valence-electron chi connectivity index (χ4n) is 3.16. The van der Waals surface area contributed by atoms with E-state index in [1.54, 1.807) is 12.2 Å². The van der Waals surface area contributed by atoms with E-state index in [4.69, 9.17) is 0 Å². The highest BCUT2D eigenvalue weighted by Crippen LogP contribution is 2.26. The topological polar surface area (TPSA) is 90.5 Å². The molecule has 4 N–H and O–H groups in total. The van der Waals surface area contributed by atoms with Crippen LogP contribution in [0.4, 0.5) is 23.7 Å². The lowest BCUT2D eigenvalue weighted by molar-refractivity contribution is -0.123. The van der Waals surface area contributed by atoms with Gasteiger partial charge in [0, 0.05) is 17.8 Å². The van der Waals surface area contributed by atoms with Gasteiger partial charge in [0.1, 0.15) is 6.54 Å². The van der Waals surface area contributed by atoms with Crippen LogP contribution in [0.5, 0.6) is 0 Å². The number of amides is 3. The monoisotopic (exact) mass is 401 g/mol. The van der Waals surface area contributed by atoms with Gasteiger partial charge >= 0.3 is 12.2 Å². The van der Waals surface area contributed by atoms with Crippen LogP contribution in [0, 0.1) is 6.92 Å². The molecule has 28 heavy (non-hydrogen) atoms. The smallest absolute Gasteiger partial charge is 0.388 e. The van der Waals surface area contributed by atoms with Crippen LogP contribution in [0.25, 0.3) is 0 Å². The van der Waals surface area contributed by atoms with Gasteiger partial charge in [0.05, 0.1) is 5.60 Å². The number of nitrogens with one attached hydrogen (secondary N) is 3. The standard InChI is InChI=1S/C19H26F3N3O3/c1-13-6-7-14(16(26)23-12-19(20,21)22)10-15(13)25-17(27)24-11-18(28)8-4-2-3-5-9-18/h6-7,10,28H,2-5,8-9,11-12H2,1H3,(H,23,26)(H2,24,25,27). The minimum Gasteiger partial charge on any atom is -0.388 e. The van der Waals surface area contributed by atoms with Crippen molar-refractivity contribution in [2.45, 2.75) is 57.2 Å². The van der Waals surface area contributed by atoms with Crippen LogP contribution in [0.3, 0.4) is 0 Å². The first kappa shape index (κ1) is 22.0. The molecule has 1 saturated carbocycles. The van der Waals surface area contributed by atoms with Crippen molar-refractivity contribution in [3.8, 4) is 0 Å². The molecule has 0 bridgehead atoms. The van der Waals surface area contributed by atoms with E-state index >= 15 is 0 Å². The molecule has 1 aromatic rings. The molecule has 3 amide bonds. The number of hydrogen-bond acceptors (Lipinski definition) is 3. The quantitative estimate of drug-likeness (QED) is 0.570. The van der Waals surface area contributed by atoms with E-state index in [1.165, 1.54) is 18.2 Å². The van der Waals surface area contributed by atoms with Crippen LogP contribution in [-0.2, 0) is 0 Å². The molecule has 0 atom stereocenters. The first-order valence-electron chi connectivity index (χ1n) is 9.31. The van der Waals surface area contributed by atoms with Crippen LogP contribution in [0.1, 0.15) is 54.4 Å². The second-order valence-electron chi connectivity index (χ2n) is 7.27. The van der Waals surface area contributed by atoms with Gasteiger partial charge < -0.3 is 21.1 Å². The van der Waals surface area contributed by atoms with Gasteiger partial charge in [0.2, 0.25) is 0 Å². The van der Waals surface area contributed by atoms with Crippen molar-refractivity contribution in [1.29, 1.82) is 0 Å². The second-order valence-corrected chi connectivity index (χ2v) is 7.27. The predicted molar refractivity (Wildman–Crippen MR) is 99.2 cm³/mol. The molecule has 156 valence electrons. The average molecular weight is 401 g/mol. The number of rotatable bonds is 5. The summed E-state index contributed by atoms with van der Waals surface area (Å²) in [5.41, 5.74) is 0.0376. The Morgan fingerprint density at radius 2 is 1.75 bits per heavy atom. The number of carbonyl (C=O) groups excluding carboxylic acids is 2. The zero-order valence-electron chi connectivity index (χ0n) is 15.8. The van der Waals surface area contributed by atoms with Crippen molar-refractivity contribution in [3.05, 3.63) is 29.3 Å². The maximum atomic E-state index is 12.2. The normalized spacial score (nSPS) is 16.8. The van der Waals surface area contributed by atoms with Crippen LogP contribution in [-0.4, -0.2) is 41.9 Å². The van der Waals surface area contributed by atoms with Gasteiger partial charge in [-0.25, -0.2) is 4.79 Å². The molecule has 0 aromatic heterocycles. The van der Waals surface area contributed by atoms with Crippen LogP contribution >= 0.6 is 0 Å². The molecule has 1 aromatic carbocycles. The molecule has 1 fully saturated rings. The first-order valence-corrected chi connectivity index (χ1v) is 9.31. The Bertz CT molecular complexity index is 699. The number of carbonyl (C=O) groups is 2.